The van der Waals surface area contributed by atoms with Crippen molar-refractivity contribution in [2.75, 3.05) is 25.0 Å². The minimum atomic E-state index is -0.526. The Kier molecular flexibility index (Phi) is 4.21. The predicted octanol–water partition coefficient (Wildman–Crippen LogP) is 1.36. The van der Waals surface area contributed by atoms with Gasteiger partial charge in [0.25, 0.3) is 0 Å². The van der Waals surface area contributed by atoms with E-state index < -0.39 is 5.91 Å². The van der Waals surface area contributed by atoms with Crippen molar-refractivity contribution in [1.82, 2.24) is 5.32 Å². The van der Waals surface area contributed by atoms with E-state index >= 15 is 0 Å². The molecule has 2 rings (SSSR count). The van der Waals surface area contributed by atoms with E-state index in [-0.39, 0.29) is 5.57 Å². The Morgan fingerprint density at radius 1 is 1.58 bits per heavy atom. The van der Waals surface area contributed by atoms with Crippen molar-refractivity contribution in [2.24, 2.45) is 10.7 Å². The summed E-state index contributed by atoms with van der Waals surface area (Å²) in [7, 11) is 0. The van der Waals surface area contributed by atoms with Crippen molar-refractivity contribution >= 4 is 38.9 Å². The molecule has 0 spiro atoms. The third kappa shape index (κ3) is 3.35. The lowest BCUT2D eigenvalue weighted by Gasteiger charge is -2.13. The molecule has 0 atom stereocenters. The van der Waals surface area contributed by atoms with Gasteiger partial charge in [0.15, 0.2) is 0 Å². The molecule has 1 aliphatic heterocycles. The van der Waals surface area contributed by atoms with Gasteiger partial charge in [-0.05, 0) is 12.1 Å². The van der Waals surface area contributed by atoms with Gasteiger partial charge in [-0.3, -0.25) is 9.79 Å². The number of nitrogens with one attached hydrogen (secondary N) is 2. The largest absolute Gasteiger partial charge is 0.377 e. The number of benzene rings is 1. The Morgan fingerprint density at radius 2 is 2.37 bits per heavy atom. The van der Waals surface area contributed by atoms with Crippen molar-refractivity contribution in [3.8, 4) is 0 Å². The van der Waals surface area contributed by atoms with E-state index in [1.165, 1.54) is 0 Å². The van der Waals surface area contributed by atoms with Crippen LogP contribution in [-0.2, 0) is 4.79 Å². The number of hydrogen-bond acceptors (Lipinski definition) is 4. The lowest BCUT2D eigenvalue weighted by Crippen LogP contribution is -2.26. The highest BCUT2D eigenvalue weighted by Crippen LogP contribution is 2.26. The monoisotopic (exact) mass is 322 g/mol. The van der Waals surface area contributed by atoms with E-state index in [2.05, 4.69) is 38.1 Å². The third-order valence-corrected chi connectivity index (χ3v) is 3.29. The van der Waals surface area contributed by atoms with E-state index in [9.17, 15) is 4.79 Å². The van der Waals surface area contributed by atoms with Gasteiger partial charge in [-0.15, -0.1) is 0 Å². The highest BCUT2D eigenvalue weighted by Gasteiger charge is 2.12. The second-order valence-electron chi connectivity index (χ2n) is 4.14. The Balaban J connectivity index is 2.19. The van der Waals surface area contributed by atoms with Crippen LogP contribution >= 0.6 is 15.9 Å². The van der Waals surface area contributed by atoms with Gasteiger partial charge >= 0.3 is 0 Å². The molecule has 0 aromatic heterocycles. The first-order valence-electron chi connectivity index (χ1n) is 5.87. The minimum Gasteiger partial charge on any atom is -0.377 e. The molecule has 1 aromatic carbocycles. The van der Waals surface area contributed by atoms with E-state index in [0.717, 1.165) is 29.1 Å². The molecule has 1 heterocycles. The number of primary amides is 1. The third-order valence-electron chi connectivity index (χ3n) is 2.79. The highest BCUT2D eigenvalue weighted by molar-refractivity contribution is 9.10. The molecule has 4 N–H and O–H groups in total. The number of halogens is 1. The maximum atomic E-state index is 11.2. The molecule has 6 heteroatoms. The van der Waals surface area contributed by atoms with Gasteiger partial charge in [-0.25, -0.2) is 0 Å². The average molecular weight is 323 g/mol. The second-order valence-corrected chi connectivity index (χ2v) is 5.06. The summed E-state index contributed by atoms with van der Waals surface area (Å²) in [5.74, 6) is 0.386. The molecule has 0 aliphatic carbocycles. The van der Waals surface area contributed by atoms with Crippen LogP contribution in [0.5, 0.6) is 0 Å². The Morgan fingerprint density at radius 3 is 3.00 bits per heavy atom. The summed E-state index contributed by atoms with van der Waals surface area (Å²) in [5, 5.41) is 6.41. The van der Waals surface area contributed by atoms with E-state index in [0.29, 0.717) is 12.1 Å². The van der Waals surface area contributed by atoms with E-state index in [4.69, 9.17) is 5.73 Å². The number of nitrogens with two attached hydrogens (primary N) is 1. The summed E-state index contributed by atoms with van der Waals surface area (Å²) in [6.07, 6.45) is 0. The van der Waals surface area contributed by atoms with Crippen LogP contribution in [0, 0.1) is 0 Å². The molecule has 0 radical (unpaired) electrons. The molecule has 5 nitrogen and oxygen atoms in total. The van der Waals surface area contributed by atoms with Gasteiger partial charge in [-0.1, -0.05) is 28.6 Å². The first kappa shape index (κ1) is 13.6. The number of hydrogen-bond donors (Lipinski definition) is 3. The van der Waals surface area contributed by atoms with Crippen molar-refractivity contribution in [2.45, 2.75) is 0 Å². The zero-order chi connectivity index (χ0) is 13.8. The Labute approximate surface area is 120 Å². The van der Waals surface area contributed by atoms with Crippen LogP contribution in [0.25, 0.3) is 5.57 Å². The maximum Gasteiger partial charge on any atom is 0.248 e. The first-order valence-corrected chi connectivity index (χ1v) is 6.67. The van der Waals surface area contributed by atoms with Crippen molar-refractivity contribution in [3.05, 3.63) is 34.8 Å². The maximum absolute atomic E-state index is 11.2. The Hall–Kier alpha value is -1.82. The number of rotatable bonds is 5. The summed E-state index contributed by atoms with van der Waals surface area (Å²) in [4.78, 5) is 15.5. The fourth-order valence-corrected chi connectivity index (χ4v) is 2.16. The molecule has 1 amide bonds. The van der Waals surface area contributed by atoms with Crippen molar-refractivity contribution in [3.63, 3.8) is 0 Å². The van der Waals surface area contributed by atoms with Gasteiger partial charge in [0.05, 0.1) is 13.1 Å². The molecule has 0 unspecified atom stereocenters. The predicted molar refractivity (Wildman–Crippen MR) is 81.2 cm³/mol. The second kappa shape index (κ2) is 5.88. The van der Waals surface area contributed by atoms with Crippen LogP contribution in [0.4, 0.5) is 5.69 Å². The van der Waals surface area contributed by atoms with Crippen molar-refractivity contribution in [1.29, 1.82) is 0 Å². The quantitative estimate of drug-likeness (QED) is 0.716. The number of amidine groups is 1. The summed E-state index contributed by atoms with van der Waals surface area (Å²) in [6, 6.07) is 5.54. The number of nitrogens with zero attached hydrogens (tertiary/aromatic N) is 1. The molecule has 0 bridgehead atoms. The molecule has 100 valence electrons. The molecule has 19 heavy (non-hydrogen) atoms. The molecule has 0 fully saturated rings. The van der Waals surface area contributed by atoms with Gasteiger partial charge in [0.2, 0.25) is 5.91 Å². The topological polar surface area (TPSA) is 79.5 Å². The van der Waals surface area contributed by atoms with Crippen LogP contribution in [0.3, 0.4) is 0 Å². The summed E-state index contributed by atoms with van der Waals surface area (Å²) >= 11 is 3.40. The van der Waals surface area contributed by atoms with Crippen LogP contribution in [0.2, 0.25) is 0 Å². The van der Waals surface area contributed by atoms with E-state index in [1.54, 1.807) is 0 Å². The van der Waals surface area contributed by atoms with Crippen LogP contribution < -0.4 is 16.4 Å². The number of anilines is 1. The normalized spacial score (nSPS) is 13.6. The van der Waals surface area contributed by atoms with E-state index in [1.807, 2.05) is 18.2 Å². The van der Waals surface area contributed by atoms with Crippen molar-refractivity contribution < 1.29 is 4.79 Å². The molecule has 1 aromatic rings. The molecule has 0 saturated heterocycles. The lowest BCUT2D eigenvalue weighted by atomic mass is 10.0. The fourth-order valence-electron chi connectivity index (χ4n) is 1.80. The smallest absolute Gasteiger partial charge is 0.248 e. The Bertz CT molecular complexity index is 554. The van der Waals surface area contributed by atoms with Gasteiger partial charge in [0.1, 0.15) is 5.84 Å². The molecular weight excluding hydrogens is 308 g/mol. The number of carbonyl (C=O) groups excluding carboxylic acids is 1. The van der Waals surface area contributed by atoms with Gasteiger partial charge in [-0.2, -0.15) is 0 Å². The van der Waals surface area contributed by atoms with Gasteiger partial charge in [0, 0.05) is 27.8 Å². The standard InChI is InChI=1S/C13H15BrN4O/c1-8(13(15)19)10-3-2-9(14)6-11(10)18-7-12-16-4-5-17-12/h2-3,6,18H,1,4-5,7H2,(H2,15,19)(H,16,17). The van der Waals surface area contributed by atoms with Crippen LogP contribution in [-0.4, -0.2) is 31.4 Å². The zero-order valence-corrected chi connectivity index (χ0v) is 12.0. The highest BCUT2D eigenvalue weighted by atomic mass is 79.9. The van der Waals surface area contributed by atoms with Crippen LogP contribution in [0.1, 0.15) is 5.56 Å². The average Bonchev–Trinajstić information content (AvgIpc) is 2.88. The number of aliphatic imine (C=N–C) groups is 1. The number of carbonyl (C=O) groups is 1. The fraction of sp³-hybridized carbons (Fsp3) is 0.231. The summed E-state index contributed by atoms with van der Waals surface area (Å²) in [6.45, 7) is 5.97. The van der Waals surface area contributed by atoms with Gasteiger partial charge < -0.3 is 16.4 Å². The summed E-state index contributed by atoms with van der Waals surface area (Å²) < 4.78 is 0.914. The number of amides is 1. The first-order chi connectivity index (χ1) is 9.08. The zero-order valence-electron chi connectivity index (χ0n) is 10.4. The molecule has 1 aliphatic rings. The molecular formula is C13H15BrN4O. The minimum absolute atomic E-state index is 0.288. The lowest BCUT2D eigenvalue weighted by molar-refractivity contribution is -0.112. The summed E-state index contributed by atoms with van der Waals surface area (Å²) in [5.41, 5.74) is 7.07. The molecule has 0 saturated carbocycles. The SMILES string of the molecule is C=C(C(N)=O)c1ccc(Br)cc1NCC1=NCCN1. The van der Waals surface area contributed by atoms with Crippen LogP contribution in [0.15, 0.2) is 34.2 Å².